The van der Waals surface area contributed by atoms with Crippen molar-refractivity contribution in [2.24, 2.45) is 4.99 Å². The van der Waals surface area contributed by atoms with E-state index in [-0.39, 0.29) is 10.7 Å². The summed E-state index contributed by atoms with van der Waals surface area (Å²) in [5, 5.41) is 0. The van der Waals surface area contributed by atoms with Crippen LogP contribution in [-0.2, 0) is 10.0 Å². The van der Waals surface area contributed by atoms with Crippen molar-refractivity contribution < 1.29 is 17.9 Å². The Labute approximate surface area is 208 Å². The molecule has 0 aliphatic carbocycles. The van der Waals surface area contributed by atoms with E-state index in [9.17, 15) is 13.2 Å². The minimum atomic E-state index is -4.22. The number of hydrogen-bond donors (Lipinski definition) is 0. The Kier molecular flexibility index (Phi) is 6.98. The molecule has 4 rings (SSSR count). The summed E-state index contributed by atoms with van der Waals surface area (Å²) in [5.41, 5.74) is 1.88. The van der Waals surface area contributed by atoms with Crippen molar-refractivity contribution in [2.45, 2.75) is 28.7 Å². The fourth-order valence-electron chi connectivity index (χ4n) is 3.87. The largest absolute Gasteiger partial charge is 0.497 e. The van der Waals surface area contributed by atoms with E-state index in [1.165, 1.54) is 19.2 Å². The van der Waals surface area contributed by atoms with Crippen LogP contribution in [0.4, 0.5) is 0 Å². The molecule has 0 spiro atoms. The van der Waals surface area contributed by atoms with Crippen LogP contribution in [0.5, 0.6) is 5.75 Å². The van der Waals surface area contributed by atoms with Crippen LogP contribution in [0, 0.1) is 6.92 Å². The minimum Gasteiger partial charge on any atom is -0.497 e. The first-order chi connectivity index (χ1) is 16.2. The van der Waals surface area contributed by atoms with Gasteiger partial charge in [-0.25, -0.2) is 12.7 Å². The zero-order valence-corrected chi connectivity index (χ0v) is 20.8. The van der Waals surface area contributed by atoms with Gasteiger partial charge in [0.2, 0.25) is 0 Å². The Hall–Kier alpha value is -2.87. The minimum absolute atomic E-state index is 0.0148. The van der Waals surface area contributed by atoms with Crippen LogP contribution in [0.2, 0.25) is 0 Å². The van der Waals surface area contributed by atoms with Gasteiger partial charge in [-0.05, 0) is 48.9 Å². The van der Waals surface area contributed by atoms with Crippen molar-refractivity contribution in [2.75, 3.05) is 7.11 Å². The third-order valence-electron chi connectivity index (χ3n) is 5.61. The number of amidine groups is 1. The lowest BCUT2D eigenvalue weighted by Gasteiger charge is -2.29. The number of hydrogen-bond acceptors (Lipinski definition) is 5. The summed E-state index contributed by atoms with van der Waals surface area (Å²) in [6, 6.07) is 19.8. The number of aliphatic imine (C=N–C) groups is 1. The summed E-state index contributed by atoms with van der Waals surface area (Å²) >= 11 is 12.4. The second-order valence-electron chi connectivity index (χ2n) is 7.80. The van der Waals surface area contributed by atoms with Crippen LogP contribution in [-0.4, -0.2) is 42.3 Å². The smallest absolute Gasteiger partial charge is 0.266 e. The van der Waals surface area contributed by atoms with E-state index in [1.807, 2.05) is 13.0 Å². The lowest BCUT2D eigenvalue weighted by molar-refractivity contribution is 0.0915. The maximum atomic E-state index is 13.8. The fourth-order valence-corrected chi connectivity index (χ4v) is 5.93. The van der Waals surface area contributed by atoms with Gasteiger partial charge in [0, 0.05) is 5.56 Å². The zero-order valence-electron chi connectivity index (χ0n) is 18.4. The van der Waals surface area contributed by atoms with Gasteiger partial charge in [0.1, 0.15) is 23.7 Å². The number of rotatable bonds is 7. The second-order valence-corrected chi connectivity index (χ2v) is 10.7. The molecule has 1 heterocycles. The normalized spacial score (nSPS) is 18.1. The van der Waals surface area contributed by atoms with E-state index in [4.69, 9.17) is 27.9 Å². The van der Waals surface area contributed by atoms with Gasteiger partial charge in [0.15, 0.2) is 10.6 Å². The number of methoxy groups -OCH3 is 1. The number of carbonyl (C=O) groups is 1. The highest BCUT2D eigenvalue weighted by Gasteiger charge is 2.49. The quantitative estimate of drug-likeness (QED) is 0.319. The number of aryl methyl sites for hydroxylation is 1. The predicted octanol–water partition coefficient (Wildman–Crippen LogP) is 5.20. The molecule has 1 aliphatic heterocycles. The Morgan fingerprint density at radius 3 is 2.15 bits per heavy atom. The second kappa shape index (κ2) is 9.78. The molecular weight excluding hydrogens is 495 g/mol. The fraction of sp³-hybridized carbons (Fsp3) is 0.200. The lowest BCUT2D eigenvalue weighted by Crippen LogP contribution is -2.48. The summed E-state index contributed by atoms with van der Waals surface area (Å²) < 4.78 is 33.8. The molecule has 0 saturated carbocycles. The first-order valence-electron chi connectivity index (χ1n) is 10.4. The van der Waals surface area contributed by atoms with Crippen LogP contribution in [0.3, 0.4) is 0 Å². The number of sulfonamides is 1. The number of halogens is 2. The van der Waals surface area contributed by atoms with Gasteiger partial charge in [0.25, 0.3) is 10.0 Å². The summed E-state index contributed by atoms with van der Waals surface area (Å²) in [5.74, 6) is 0.0507. The van der Waals surface area contributed by atoms with Crippen molar-refractivity contribution in [3.63, 3.8) is 0 Å². The Bertz CT molecular complexity index is 1310. The molecule has 0 amide bonds. The Morgan fingerprint density at radius 1 is 0.971 bits per heavy atom. The number of ketones is 1. The van der Waals surface area contributed by atoms with E-state index in [0.29, 0.717) is 16.9 Å². The van der Waals surface area contributed by atoms with Crippen molar-refractivity contribution in [3.05, 3.63) is 95.6 Å². The van der Waals surface area contributed by atoms with E-state index < -0.39 is 32.7 Å². The number of ether oxygens (including phenoxy) is 1. The van der Waals surface area contributed by atoms with Gasteiger partial charge in [0.05, 0.1) is 12.0 Å². The van der Waals surface area contributed by atoms with Crippen LogP contribution in [0.1, 0.15) is 27.5 Å². The third kappa shape index (κ3) is 4.56. The highest BCUT2D eigenvalue weighted by atomic mass is 35.5. The molecule has 2 atom stereocenters. The predicted molar refractivity (Wildman–Crippen MR) is 133 cm³/mol. The zero-order chi connectivity index (χ0) is 24.5. The molecule has 0 aromatic heterocycles. The van der Waals surface area contributed by atoms with Crippen LogP contribution < -0.4 is 4.74 Å². The molecule has 1 aliphatic rings. The summed E-state index contributed by atoms with van der Waals surface area (Å²) in [7, 11) is -2.69. The average molecular weight is 517 g/mol. The molecule has 3 aromatic rings. The maximum absolute atomic E-state index is 13.8. The SMILES string of the molecule is COc1ccc(C(=O)[C@@H]2[C@@H](c3ccccc3)N=C(C(Cl)Cl)N2S(=O)(=O)c2ccc(C)cc2)cc1. The molecule has 0 fully saturated rings. The van der Waals surface area contributed by atoms with Crippen molar-refractivity contribution >= 4 is 44.8 Å². The molecule has 34 heavy (non-hydrogen) atoms. The number of carbonyl (C=O) groups excluding carboxylic acids is 1. The van der Waals surface area contributed by atoms with Crippen LogP contribution in [0.15, 0.2) is 88.8 Å². The van der Waals surface area contributed by atoms with Gasteiger partial charge in [-0.1, -0.05) is 71.2 Å². The summed E-state index contributed by atoms with van der Waals surface area (Å²) in [6.07, 6.45) is 0. The Morgan fingerprint density at radius 2 is 1.59 bits per heavy atom. The topological polar surface area (TPSA) is 76.0 Å². The molecular formula is C25H22Cl2N2O4S. The maximum Gasteiger partial charge on any atom is 0.266 e. The van der Waals surface area contributed by atoms with Crippen molar-refractivity contribution in [1.82, 2.24) is 4.31 Å². The van der Waals surface area contributed by atoms with E-state index in [0.717, 1.165) is 9.87 Å². The number of nitrogens with zero attached hydrogens (tertiary/aromatic N) is 2. The average Bonchev–Trinajstić information content (AvgIpc) is 3.26. The standard InChI is InChI=1S/C25H22Cl2N2O4S/c1-16-8-14-20(15-9-16)34(31,32)29-22(23(30)18-10-12-19(33-2)13-11-18)21(28-25(29)24(26)27)17-6-4-3-5-7-17/h3-15,21-22,24H,1-2H3/t21-,22+/m1/s1. The highest BCUT2D eigenvalue weighted by Crippen LogP contribution is 2.39. The van der Waals surface area contributed by atoms with Crippen LogP contribution >= 0.6 is 23.2 Å². The molecule has 0 unspecified atom stereocenters. The van der Waals surface area contributed by atoms with Gasteiger partial charge in [-0.15, -0.1) is 0 Å². The molecule has 0 bridgehead atoms. The molecule has 176 valence electrons. The molecule has 9 heteroatoms. The van der Waals surface area contributed by atoms with Gasteiger partial charge in [-0.3, -0.25) is 9.79 Å². The monoisotopic (exact) mass is 516 g/mol. The van der Waals surface area contributed by atoms with E-state index in [1.54, 1.807) is 60.7 Å². The van der Waals surface area contributed by atoms with Crippen LogP contribution in [0.25, 0.3) is 0 Å². The van der Waals surface area contributed by atoms with Gasteiger partial charge >= 0.3 is 0 Å². The van der Waals surface area contributed by atoms with Crippen molar-refractivity contribution in [1.29, 1.82) is 0 Å². The molecule has 0 N–H and O–H groups in total. The van der Waals surface area contributed by atoms with Gasteiger partial charge < -0.3 is 4.74 Å². The Balaban J connectivity index is 1.88. The summed E-state index contributed by atoms with van der Waals surface area (Å²) in [6.45, 7) is 1.86. The molecule has 0 radical (unpaired) electrons. The number of Topliss-reactive ketones (excluding diaryl/α,β-unsaturated/α-hetero) is 1. The van der Waals surface area contributed by atoms with E-state index >= 15 is 0 Å². The first-order valence-corrected chi connectivity index (χ1v) is 12.8. The molecule has 6 nitrogen and oxygen atoms in total. The lowest BCUT2D eigenvalue weighted by atomic mass is 9.94. The summed E-state index contributed by atoms with van der Waals surface area (Å²) in [4.78, 5) is 17.1. The molecule has 0 saturated heterocycles. The first kappa shape index (κ1) is 24.3. The number of benzene rings is 3. The van der Waals surface area contributed by atoms with E-state index in [2.05, 4.69) is 4.99 Å². The van der Waals surface area contributed by atoms with Crippen molar-refractivity contribution in [3.8, 4) is 5.75 Å². The highest BCUT2D eigenvalue weighted by molar-refractivity contribution is 7.89. The third-order valence-corrected chi connectivity index (χ3v) is 7.80. The molecule has 3 aromatic carbocycles. The number of alkyl halides is 2. The van der Waals surface area contributed by atoms with Gasteiger partial charge in [-0.2, -0.15) is 0 Å².